The molecule has 3 heteroatoms. The fourth-order valence-corrected chi connectivity index (χ4v) is 1.65. The van der Waals surface area contributed by atoms with E-state index in [1.807, 2.05) is 6.08 Å². The molecule has 0 heterocycles. The average molecular weight is 182 g/mol. The van der Waals surface area contributed by atoms with Crippen molar-refractivity contribution >= 4 is 8.07 Å². The normalized spacial score (nSPS) is 13.5. The van der Waals surface area contributed by atoms with Crippen LogP contribution in [0.3, 0.4) is 0 Å². The van der Waals surface area contributed by atoms with Crippen LogP contribution in [0.4, 0.5) is 0 Å². The summed E-state index contributed by atoms with van der Waals surface area (Å²) in [6.45, 7) is 10.6. The first-order valence-electron chi connectivity index (χ1n) is 4.22. The molecule has 0 amide bonds. The molecule has 0 aliphatic rings. The number of nitrogens with zero attached hydrogens (tertiary/aromatic N) is 1. The molecule has 0 bridgehead atoms. The second-order valence-electron chi connectivity index (χ2n) is 4.15. The van der Waals surface area contributed by atoms with Crippen molar-refractivity contribution in [3.63, 3.8) is 0 Å². The highest BCUT2D eigenvalue weighted by atomic mass is 28.3. The topological polar surface area (TPSA) is 35.8 Å². The molecule has 0 rings (SSSR count). The first-order valence-corrected chi connectivity index (χ1v) is 7.93. The third-order valence-corrected chi connectivity index (χ3v) is 2.76. The Morgan fingerprint density at radius 2 is 2.17 bits per heavy atom. The SMILES string of the molecule is C=CC(CC#N)NC[Si](C)(C)C. The lowest BCUT2D eigenvalue weighted by atomic mass is 10.2. The van der Waals surface area contributed by atoms with E-state index in [2.05, 4.69) is 37.6 Å². The Bertz CT molecular complexity index is 176. The van der Waals surface area contributed by atoms with Gasteiger partial charge in [-0.2, -0.15) is 5.26 Å². The molecule has 0 aromatic carbocycles. The largest absolute Gasteiger partial charge is 0.312 e. The molecule has 0 saturated carbocycles. The minimum absolute atomic E-state index is 0.168. The molecule has 0 aromatic rings. The van der Waals surface area contributed by atoms with Gasteiger partial charge in [0.2, 0.25) is 0 Å². The first-order chi connectivity index (χ1) is 5.49. The molecule has 1 N–H and O–H groups in total. The molecule has 0 saturated heterocycles. The van der Waals surface area contributed by atoms with Gasteiger partial charge in [0.15, 0.2) is 0 Å². The van der Waals surface area contributed by atoms with Crippen LogP contribution in [0, 0.1) is 11.3 Å². The second-order valence-corrected chi connectivity index (χ2v) is 9.62. The predicted octanol–water partition coefficient (Wildman–Crippen LogP) is 1.92. The number of nitriles is 1. The van der Waals surface area contributed by atoms with Crippen molar-refractivity contribution in [2.24, 2.45) is 0 Å². The van der Waals surface area contributed by atoms with Crippen LogP contribution in [-0.2, 0) is 0 Å². The van der Waals surface area contributed by atoms with Crippen LogP contribution in [0.1, 0.15) is 6.42 Å². The van der Waals surface area contributed by atoms with Crippen molar-refractivity contribution < 1.29 is 0 Å². The first kappa shape index (κ1) is 11.4. The van der Waals surface area contributed by atoms with E-state index in [9.17, 15) is 0 Å². The average Bonchev–Trinajstić information content (AvgIpc) is 1.96. The van der Waals surface area contributed by atoms with Crippen molar-refractivity contribution in [3.05, 3.63) is 12.7 Å². The molecule has 0 aliphatic heterocycles. The Hall–Kier alpha value is -0.593. The fourth-order valence-electron chi connectivity index (χ4n) is 0.774. The summed E-state index contributed by atoms with van der Waals surface area (Å²) < 4.78 is 0. The van der Waals surface area contributed by atoms with Crippen molar-refractivity contribution in [2.75, 3.05) is 6.17 Å². The second kappa shape index (κ2) is 5.12. The number of rotatable bonds is 5. The van der Waals surface area contributed by atoms with E-state index in [0.717, 1.165) is 6.17 Å². The molecule has 0 radical (unpaired) electrons. The van der Waals surface area contributed by atoms with Gasteiger partial charge in [0.05, 0.1) is 20.6 Å². The summed E-state index contributed by atoms with van der Waals surface area (Å²) in [7, 11) is -1.03. The lowest BCUT2D eigenvalue weighted by molar-refractivity contribution is 0.658. The lowest BCUT2D eigenvalue weighted by Gasteiger charge is -2.19. The highest BCUT2D eigenvalue weighted by Crippen LogP contribution is 1.99. The van der Waals surface area contributed by atoms with E-state index in [4.69, 9.17) is 5.26 Å². The van der Waals surface area contributed by atoms with E-state index < -0.39 is 8.07 Å². The Morgan fingerprint density at radius 1 is 1.58 bits per heavy atom. The Kier molecular flexibility index (Phi) is 4.87. The highest BCUT2D eigenvalue weighted by Gasteiger charge is 2.14. The number of nitrogens with one attached hydrogen (secondary N) is 1. The zero-order valence-electron chi connectivity index (χ0n) is 8.22. The van der Waals surface area contributed by atoms with Gasteiger partial charge >= 0.3 is 0 Å². The standard InChI is InChI=1S/C9H18N2Si/c1-5-9(6-7-10)11-8-12(2,3)4/h5,9,11H,1,6,8H2,2-4H3. The van der Waals surface area contributed by atoms with Gasteiger partial charge in [-0.05, 0) is 6.17 Å². The molecule has 0 spiro atoms. The Balaban J connectivity index is 3.74. The van der Waals surface area contributed by atoms with Crippen LogP contribution in [-0.4, -0.2) is 20.3 Å². The minimum Gasteiger partial charge on any atom is -0.312 e. The van der Waals surface area contributed by atoms with Crippen LogP contribution in [0.5, 0.6) is 0 Å². The summed E-state index contributed by atoms with van der Waals surface area (Å²) in [5.41, 5.74) is 0. The minimum atomic E-state index is -1.03. The third-order valence-electron chi connectivity index (χ3n) is 1.49. The van der Waals surface area contributed by atoms with Crippen LogP contribution >= 0.6 is 0 Å². The molecular formula is C9H18N2Si. The monoisotopic (exact) mass is 182 g/mol. The molecule has 2 nitrogen and oxygen atoms in total. The molecule has 0 fully saturated rings. The van der Waals surface area contributed by atoms with Crippen LogP contribution in [0.15, 0.2) is 12.7 Å². The molecule has 1 atom stereocenters. The number of hydrogen-bond acceptors (Lipinski definition) is 2. The summed E-state index contributed by atoms with van der Waals surface area (Å²) in [4.78, 5) is 0. The van der Waals surface area contributed by atoms with Crippen molar-refractivity contribution in [2.45, 2.75) is 32.1 Å². The van der Waals surface area contributed by atoms with Crippen LogP contribution in [0.2, 0.25) is 19.6 Å². The fraction of sp³-hybridized carbons (Fsp3) is 0.667. The van der Waals surface area contributed by atoms with Crippen molar-refractivity contribution in [3.8, 4) is 6.07 Å². The summed E-state index contributed by atoms with van der Waals surface area (Å²) in [6.07, 6.45) is 3.38. The Morgan fingerprint density at radius 3 is 2.50 bits per heavy atom. The van der Waals surface area contributed by atoms with Gasteiger partial charge in [0.1, 0.15) is 0 Å². The van der Waals surface area contributed by atoms with Gasteiger partial charge < -0.3 is 5.32 Å². The van der Waals surface area contributed by atoms with E-state index in [-0.39, 0.29) is 6.04 Å². The molecule has 12 heavy (non-hydrogen) atoms. The zero-order chi connectivity index (χ0) is 9.61. The molecule has 0 aromatic heterocycles. The highest BCUT2D eigenvalue weighted by molar-refractivity contribution is 6.76. The lowest BCUT2D eigenvalue weighted by Crippen LogP contribution is -2.41. The molecule has 0 aliphatic carbocycles. The Labute approximate surface area is 76.3 Å². The van der Waals surface area contributed by atoms with Gasteiger partial charge in [-0.25, -0.2) is 0 Å². The summed E-state index contributed by atoms with van der Waals surface area (Å²) in [5.74, 6) is 0. The summed E-state index contributed by atoms with van der Waals surface area (Å²) in [6, 6.07) is 2.30. The van der Waals surface area contributed by atoms with E-state index in [1.165, 1.54) is 0 Å². The van der Waals surface area contributed by atoms with Gasteiger partial charge in [-0.1, -0.05) is 25.7 Å². The van der Waals surface area contributed by atoms with E-state index >= 15 is 0 Å². The molecular weight excluding hydrogens is 164 g/mol. The molecule has 68 valence electrons. The number of hydrogen-bond donors (Lipinski definition) is 1. The smallest absolute Gasteiger partial charge is 0.0641 e. The maximum Gasteiger partial charge on any atom is 0.0641 e. The molecule has 1 unspecified atom stereocenters. The predicted molar refractivity (Wildman–Crippen MR) is 55.6 cm³/mol. The van der Waals surface area contributed by atoms with Crippen molar-refractivity contribution in [1.82, 2.24) is 5.32 Å². The van der Waals surface area contributed by atoms with Crippen LogP contribution in [0.25, 0.3) is 0 Å². The zero-order valence-corrected chi connectivity index (χ0v) is 9.22. The summed E-state index contributed by atoms with van der Waals surface area (Å²) >= 11 is 0. The maximum atomic E-state index is 8.47. The van der Waals surface area contributed by atoms with Gasteiger partial charge in [-0.3, -0.25) is 0 Å². The van der Waals surface area contributed by atoms with E-state index in [0.29, 0.717) is 6.42 Å². The quantitative estimate of drug-likeness (QED) is 0.521. The van der Waals surface area contributed by atoms with Gasteiger partial charge in [0, 0.05) is 6.04 Å². The van der Waals surface area contributed by atoms with Gasteiger partial charge in [0.25, 0.3) is 0 Å². The maximum absolute atomic E-state index is 8.47. The van der Waals surface area contributed by atoms with Crippen molar-refractivity contribution in [1.29, 1.82) is 5.26 Å². The summed E-state index contributed by atoms with van der Waals surface area (Å²) in [5, 5.41) is 11.8. The van der Waals surface area contributed by atoms with E-state index in [1.54, 1.807) is 0 Å². The third kappa shape index (κ3) is 6.14. The van der Waals surface area contributed by atoms with Gasteiger partial charge in [-0.15, -0.1) is 6.58 Å². The van der Waals surface area contributed by atoms with Crippen LogP contribution < -0.4 is 5.32 Å².